The molecule has 0 unspecified atom stereocenters. The van der Waals surface area contributed by atoms with Crippen LogP contribution in [-0.2, 0) is 6.54 Å². The molecule has 1 fully saturated rings. The number of hydrogen-bond acceptors (Lipinski definition) is 6. The minimum atomic E-state index is -0.0632. The highest BCUT2D eigenvalue weighted by molar-refractivity contribution is 7.99. The third-order valence-electron chi connectivity index (χ3n) is 5.30. The number of rotatable bonds is 7. The highest BCUT2D eigenvalue weighted by atomic mass is 32.2. The van der Waals surface area contributed by atoms with Crippen LogP contribution in [0.4, 0.5) is 5.82 Å². The molecule has 3 heterocycles. The molecule has 164 valence electrons. The van der Waals surface area contributed by atoms with Gasteiger partial charge in [0.05, 0.1) is 18.1 Å². The number of anilines is 1. The average Bonchev–Trinajstić information content (AvgIpc) is 3.36. The zero-order chi connectivity index (χ0) is 22.0. The van der Waals surface area contributed by atoms with Crippen LogP contribution in [0.3, 0.4) is 0 Å². The maximum atomic E-state index is 12.6. The van der Waals surface area contributed by atoms with Gasteiger partial charge in [0.15, 0.2) is 10.8 Å². The van der Waals surface area contributed by atoms with Gasteiger partial charge in [-0.15, -0.1) is 0 Å². The SMILES string of the molecule is Cc1cc(C)cc(C(=O)NCCn2ncc3c(N4CCCC4)nc(SC(C)C)nc32)c1. The molecule has 4 rings (SSSR count). The van der Waals surface area contributed by atoms with Gasteiger partial charge in [0, 0.05) is 30.4 Å². The minimum absolute atomic E-state index is 0.0632. The Bertz CT molecular complexity index is 1070. The van der Waals surface area contributed by atoms with Crippen molar-refractivity contribution < 1.29 is 4.79 Å². The lowest BCUT2D eigenvalue weighted by Crippen LogP contribution is -2.27. The molecule has 7 nitrogen and oxygen atoms in total. The second kappa shape index (κ2) is 9.26. The molecule has 0 bridgehead atoms. The third-order valence-corrected chi connectivity index (χ3v) is 6.16. The number of nitrogens with one attached hydrogen (secondary N) is 1. The summed E-state index contributed by atoms with van der Waals surface area (Å²) in [5.74, 6) is 0.919. The number of thioether (sulfide) groups is 1. The summed E-state index contributed by atoms with van der Waals surface area (Å²) < 4.78 is 1.88. The maximum Gasteiger partial charge on any atom is 0.251 e. The van der Waals surface area contributed by atoms with E-state index in [-0.39, 0.29) is 5.91 Å². The van der Waals surface area contributed by atoms with Gasteiger partial charge < -0.3 is 10.2 Å². The summed E-state index contributed by atoms with van der Waals surface area (Å²) in [5.41, 5.74) is 3.70. The first-order valence-electron chi connectivity index (χ1n) is 10.9. The highest BCUT2D eigenvalue weighted by Gasteiger charge is 2.21. The van der Waals surface area contributed by atoms with Gasteiger partial charge in [-0.3, -0.25) is 4.79 Å². The van der Waals surface area contributed by atoms with Crippen molar-refractivity contribution in [2.75, 3.05) is 24.5 Å². The summed E-state index contributed by atoms with van der Waals surface area (Å²) in [6, 6.07) is 5.89. The molecular weight excluding hydrogens is 408 g/mol. The fraction of sp³-hybridized carbons (Fsp3) is 0.478. The van der Waals surface area contributed by atoms with Crippen LogP contribution in [0.5, 0.6) is 0 Å². The van der Waals surface area contributed by atoms with E-state index in [4.69, 9.17) is 9.97 Å². The zero-order valence-corrected chi connectivity index (χ0v) is 19.5. The van der Waals surface area contributed by atoms with Gasteiger partial charge >= 0.3 is 0 Å². The number of hydrogen-bond donors (Lipinski definition) is 1. The fourth-order valence-electron chi connectivity index (χ4n) is 4.00. The van der Waals surface area contributed by atoms with Crippen molar-refractivity contribution in [1.29, 1.82) is 0 Å². The van der Waals surface area contributed by atoms with Crippen molar-refractivity contribution >= 4 is 34.5 Å². The summed E-state index contributed by atoms with van der Waals surface area (Å²) in [5, 5.41) is 9.75. The second-order valence-electron chi connectivity index (χ2n) is 8.43. The van der Waals surface area contributed by atoms with Crippen LogP contribution >= 0.6 is 11.8 Å². The Hall–Kier alpha value is -2.61. The molecule has 3 aromatic rings. The molecule has 0 radical (unpaired) electrons. The van der Waals surface area contributed by atoms with Crippen molar-refractivity contribution in [2.45, 2.75) is 57.5 Å². The first kappa shape index (κ1) is 21.6. The first-order valence-corrected chi connectivity index (χ1v) is 11.8. The number of amides is 1. The van der Waals surface area contributed by atoms with Crippen molar-refractivity contribution in [1.82, 2.24) is 25.1 Å². The molecule has 1 aromatic carbocycles. The van der Waals surface area contributed by atoms with Gasteiger partial charge in [-0.25, -0.2) is 14.6 Å². The van der Waals surface area contributed by atoms with Crippen molar-refractivity contribution in [3.8, 4) is 0 Å². The van der Waals surface area contributed by atoms with Gasteiger partial charge in [-0.2, -0.15) is 5.10 Å². The van der Waals surface area contributed by atoms with E-state index >= 15 is 0 Å². The van der Waals surface area contributed by atoms with Crippen LogP contribution in [-0.4, -0.2) is 50.5 Å². The molecule has 1 aliphatic rings. The van der Waals surface area contributed by atoms with Crippen LogP contribution in [0.2, 0.25) is 0 Å². The molecule has 31 heavy (non-hydrogen) atoms. The van der Waals surface area contributed by atoms with Gasteiger partial charge in [0.1, 0.15) is 5.82 Å². The number of aromatic nitrogens is 4. The third kappa shape index (κ3) is 5.01. The van der Waals surface area contributed by atoms with E-state index in [1.807, 2.05) is 36.9 Å². The van der Waals surface area contributed by atoms with Gasteiger partial charge in [0.2, 0.25) is 0 Å². The quantitative estimate of drug-likeness (QED) is 0.444. The molecule has 1 saturated heterocycles. The topological polar surface area (TPSA) is 75.9 Å². The number of carbonyl (C=O) groups is 1. The number of aryl methyl sites for hydroxylation is 2. The first-order chi connectivity index (χ1) is 14.9. The standard InChI is InChI=1S/C23H30N6OS/c1-15(2)31-23-26-20(28-8-5-6-9-28)19-14-25-29(21(19)27-23)10-7-24-22(30)18-12-16(3)11-17(4)13-18/h11-15H,5-10H2,1-4H3,(H,24,30). The molecule has 0 saturated carbocycles. The number of benzene rings is 1. The largest absolute Gasteiger partial charge is 0.356 e. The molecule has 0 aliphatic carbocycles. The Kier molecular flexibility index (Phi) is 6.46. The van der Waals surface area contributed by atoms with E-state index in [2.05, 4.69) is 35.2 Å². The van der Waals surface area contributed by atoms with E-state index in [1.54, 1.807) is 11.8 Å². The van der Waals surface area contributed by atoms with Crippen LogP contribution in [0.1, 0.15) is 48.2 Å². The van der Waals surface area contributed by atoms with Crippen molar-refractivity contribution in [2.24, 2.45) is 0 Å². The van der Waals surface area contributed by atoms with Crippen LogP contribution in [0, 0.1) is 13.8 Å². The lowest BCUT2D eigenvalue weighted by Gasteiger charge is -2.18. The lowest BCUT2D eigenvalue weighted by atomic mass is 10.1. The minimum Gasteiger partial charge on any atom is -0.356 e. The maximum absolute atomic E-state index is 12.6. The van der Waals surface area contributed by atoms with E-state index in [1.165, 1.54) is 12.8 Å². The van der Waals surface area contributed by atoms with Gasteiger partial charge in [-0.05, 0) is 38.8 Å². The fourth-order valence-corrected chi connectivity index (χ4v) is 4.70. The molecule has 1 amide bonds. The Morgan fingerprint density at radius 3 is 2.52 bits per heavy atom. The Labute approximate surface area is 187 Å². The Morgan fingerprint density at radius 2 is 1.84 bits per heavy atom. The lowest BCUT2D eigenvalue weighted by molar-refractivity contribution is 0.0952. The summed E-state index contributed by atoms with van der Waals surface area (Å²) >= 11 is 1.67. The highest BCUT2D eigenvalue weighted by Crippen LogP contribution is 2.30. The average molecular weight is 439 g/mol. The predicted octanol–water partition coefficient (Wildman–Crippen LogP) is 3.97. The van der Waals surface area contributed by atoms with E-state index < -0.39 is 0 Å². The predicted molar refractivity (Wildman–Crippen MR) is 126 cm³/mol. The molecule has 8 heteroatoms. The summed E-state index contributed by atoms with van der Waals surface area (Å²) in [6.45, 7) is 11.4. The molecule has 0 spiro atoms. The zero-order valence-electron chi connectivity index (χ0n) is 18.7. The monoisotopic (exact) mass is 438 g/mol. The number of fused-ring (bicyclic) bond motifs is 1. The summed E-state index contributed by atoms with van der Waals surface area (Å²) in [4.78, 5) is 24.6. The molecule has 1 aliphatic heterocycles. The Balaban J connectivity index is 1.53. The molecule has 2 aromatic heterocycles. The van der Waals surface area contributed by atoms with Crippen LogP contribution < -0.4 is 10.2 Å². The summed E-state index contributed by atoms with van der Waals surface area (Å²) in [7, 11) is 0. The summed E-state index contributed by atoms with van der Waals surface area (Å²) in [6.07, 6.45) is 4.24. The number of carbonyl (C=O) groups excluding carboxylic acids is 1. The Morgan fingerprint density at radius 1 is 1.13 bits per heavy atom. The second-order valence-corrected chi connectivity index (χ2v) is 9.97. The van der Waals surface area contributed by atoms with Gasteiger partial charge in [-0.1, -0.05) is 42.8 Å². The molecule has 1 N–H and O–H groups in total. The van der Waals surface area contributed by atoms with Crippen LogP contribution in [0.15, 0.2) is 29.6 Å². The molecular formula is C23H30N6OS. The number of nitrogens with zero attached hydrogens (tertiary/aromatic N) is 5. The smallest absolute Gasteiger partial charge is 0.251 e. The van der Waals surface area contributed by atoms with E-state index in [0.29, 0.717) is 23.9 Å². The van der Waals surface area contributed by atoms with Crippen LogP contribution in [0.25, 0.3) is 11.0 Å². The van der Waals surface area contributed by atoms with E-state index in [9.17, 15) is 4.79 Å². The van der Waals surface area contributed by atoms with Gasteiger partial charge in [0.25, 0.3) is 5.91 Å². The molecule has 0 atom stereocenters. The van der Waals surface area contributed by atoms with Crippen molar-refractivity contribution in [3.05, 3.63) is 41.1 Å². The van der Waals surface area contributed by atoms with Crippen molar-refractivity contribution in [3.63, 3.8) is 0 Å². The van der Waals surface area contributed by atoms with E-state index in [0.717, 1.165) is 46.2 Å². The normalized spacial score (nSPS) is 14.0.